The van der Waals surface area contributed by atoms with E-state index in [1.165, 1.54) is 5.56 Å². The van der Waals surface area contributed by atoms with Crippen LogP contribution >= 0.6 is 0 Å². The lowest BCUT2D eigenvalue weighted by molar-refractivity contribution is -0.123. The first-order chi connectivity index (χ1) is 9.72. The maximum absolute atomic E-state index is 12.0. The van der Waals surface area contributed by atoms with Crippen LogP contribution in [0.5, 0.6) is 0 Å². The molecule has 3 heteroatoms. The quantitative estimate of drug-likeness (QED) is 0.809. The fraction of sp³-hybridized carbons (Fsp3) is 0.611. The summed E-state index contributed by atoms with van der Waals surface area (Å²) in [6.45, 7) is 12.5. The van der Waals surface area contributed by atoms with Crippen molar-refractivity contribution in [2.24, 2.45) is 0 Å². The molecule has 1 aromatic rings. The van der Waals surface area contributed by atoms with Gasteiger partial charge in [-0.15, -0.1) is 0 Å². The predicted molar refractivity (Wildman–Crippen MR) is 89.4 cm³/mol. The predicted octanol–water partition coefficient (Wildman–Crippen LogP) is 3.25. The summed E-state index contributed by atoms with van der Waals surface area (Å²) in [5.74, 6) is 0.0642. The highest BCUT2D eigenvalue weighted by molar-refractivity contribution is 5.81. The van der Waals surface area contributed by atoms with Gasteiger partial charge >= 0.3 is 0 Å². The monoisotopic (exact) mass is 290 g/mol. The summed E-state index contributed by atoms with van der Waals surface area (Å²) < 4.78 is 0. The molecule has 1 aromatic carbocycles. The Labute approximate surface area is 129 Å². The van der Waals surface area contributed by atoms with Gasteiger partial charge in [0.05, 0.1) is 6.04 Å². The van der Waals surface area contributed by atoms with Crippen molar-refractivity contribution in [1.29, 1.82) is 0 Å². The van der Waals surface area contributed by atoms with Crippen molar-refractivity contribution in [1.82, 2.24) is 10.6 Å². The first-order valence-corrected chi connectivity index (χ1v) is 7.84. The lowest BCUT2D eigenvalue weighted by atomic mass is 9.79. The van der Waals surface area contributed by atoms with Gasteiger partial charge in [0.1, 0.15) is 0 Å². The molecule has 2 N–H and O–H groups in total. The zero-order chi connectivity index (χ0) is 16.0. The Kier molecular flexibility index (Phi) is 6.41. The molecule has 1 rings (SSSR count). The fourth-order valence-corrected chi connectivity index (χ4v) is 2.74. The maximum Gasteiger partial charge on any atom is 0.237 e. The number of benzene rings is 1. The largest absolute Gasteiger partial charge is 0.353 e. The van der Waals surface area contributed by atoms with Crippen LogP contribution in [0.1, 0.15) is 53.5 Å². The number of hydrogen-bond donors (Lipinski definition) is 2. The third kappa shape index (κ3) is 5.88. The zero-order valence-corrected chi connectivity index (χ0v) is 14.2. The molecule has 0 fully saturated rings. The number of carbonyl (C=O) groups excluding carboxylic acids is 1. The van der Waals surface area contributed by atoms with Crippen LogP contribution in [0.2, 0.25) is 0 Å². The van der Waals surface area contributed by atoms with Crippen molar-refractivity contribution >= 4 is 5.91 Å². The van der Waals surface area contributed by atoms with Gasteiger partial charge in [0.2, 0.25) is 5.91 Å². The second-order valence-electron chi connectivity index (χ2n) is 6.91. The van der Waals surface area contributed by atoms with Gasteiger partial charge in [-0.1, -0.05) is 44.2 Å². The number of rotatable bonds is 7. The number of carbonyl (C=O) groups is 1. The second-order valence-corrected chi connectivity index (χ2v) is 6.91. The Morgan fingerprint density at radius 3 is 2.19 bits per heavy atom. The molecule has 0 aliphatic heterocycles. The van der Waals surface area contributed by atoms with Gasteiger partial charge in [-0.3, -0.25) is 4.79 Å². The highest BCUT2D eigenvalue weighted by atomic mass is 16.2. The van der Waals surface area contributed by atoms with Gasteiger partial charge in [0.25, 0.3) is 0 Å². The Hall–Kier alpha value is -1.35. The van der Waals surface area contributed by atoms with Crippen LogP contribution in [-0.2, 0) is 10.2 Å². The van der Waals surface area contributed by atoms with Crippen molar-refractivity contribution < 1.29 is 4.79 Å². The van der Waals surface area contributed by atoms with Gasteiger partial charge in [0, 0.05) is 12.1 Å². The molecule has 0 aliphatic carbocycles. The SMILES string of the molecule is CC(C)NC(=O)C(C)NC(C)CC(C)(C)c1ccccc1. The van der Waals surface area contributed by atoms with Crippen molar-refractivity contribution in [2.45, 2.75) is 71.5 Å². The maximum atomic E-state index is 12.0. The average Bonchev–Trinajstić information content (AvgIpc) is 2.38. The van der Waals surface area contributed by atoms with Gasteiger partial charge < -0.3 is 10.6 Å². The molecule has 0 aliphatic rings. The molecule has 0 bridgehead atoms. The second kappa shape index (κ2) is 7.60. The molecule has 2 unspecified atom stereocenters. The lowest BCUT2D eigenvalue weighted by Gasteiger charge is -2.30. The highest BCUT2D eigenvalue weighted by Crippen LogP contribution is 2.28. The van der Waals surface area contributed by atoms with E-state index >= 15 is 0 Å². The molecule has 0 spiro atoms. The van der Waals surface area contributed by atoms with E-state index < -0.39 is 0 Å². The summed E-state index contributed by atoms with van der Waals surface area (Å²) in [7, 11) is 0. The van der Waals surface area contributed by atoms with Crippen molar-refractivity contribution in [3.8, 4) is 0 Å². The van der Waals surface area contributed by atoms with E-state index in [9.17, 15) is 4.79 Å². The topological polar surface area (TPSA) is 41.1 Å². The molecule has 21 heavy (non-hydrogen) atoms. The minimum absolute atomic E-state index is 0.0642. The molecule has 0 radical (unpaired) electrons. The van der Waals surface area contributed by atoms with Gasteiger partial charge in [-0.05, 0) is 45.1 Å². The molecule has 1 amide bonds. The molecule has 0 aromatic heterocycles. The summed E-state index contributed by atoms with van der Waals surface area (Å²) >= 11 is 0. The number of nitrogens with one attached hydrogen (secondary N) is 2. The van der Waals surface area contributed by atoms with Gasteiger partial charge in [-0.2, -0.15) is 0 Å². The summed E-state index contributed by atoms with van der Waals surface area (Å²) in [4.78, 5) is 12.0. The Balaban J connectivity index is 2.57. The summed E-state index contributed by atoms with van der Waals surface area (Å²) in [6, 6.07) is 10.8. The van der Waals surface area contributed by atoms with E-state index in [4.69, 9.17) is 0 Å². The minimum Gasteiger partial charge on any atom is -0.353 e. The van der Waals surface area contributed by atoms with Crippen molar-refractivity contribution in [3.05, 3.63) is 35.9 Å². The smallest absolute Gasteiger partial charge is 0.237 e. The third-order valence-electron chi connectivity index (χ3n) is 3.73. The van der Waals surface area contributed by atoms with Gasteiger partial charge in [-0.25, -0.2) is 0 Å². The van der Waals surface area contributed by atoms with E-state index in [0.29, 0.717) is 0 Å². The Morgan fingerprint density at radius 2 is 1.67 bits per heavy atom. The van der Waals surface area contributed by atoms with E-state index in [-0.39, 0.29) is 29.4 Å². The number of amides is 1. The normalized spacial score (nSPS) is 14.8. The molecule has 3 nitrogen and oxygen atoms in total. The van der Waals surface area contributed by atoms with E-state index in [0.717, 1.165) is 6.42 Å². The van der Waals surface area contributed by atoms with Crippen LogP contribution in [0.4, 0.5) is 0 Å². The highest BCUT2D eigenvalue weighted by Gasteiger charge is 2.25. The standard InChI is InChI=1S/C18H30N2O/c1-13(2)19-17(21)15(4)20-14(3)12-18(5,6)16-10-8-7-9-11-16/h7-11,13-15,20H,12H2,1-6H3,(H,19,21). The fourth-order valence-electron chi connectivity index (χ4n) is 2.74. The Bertz CT molecular complexity index is 440. The van der Waals surface area contributed by atoms with Crippen molar-refractivity contribution in [3.63, 3.8) is 0 Å². The van der Waals surface area contributed by atoms with E-state index in [2.05, 4.69) is 55.7 Å². The summed E-state index contributed by atoms with van der Waals surface area (Å²) in [5.41, 5.74) is 1.42. The van der Waals surface area contributed by atoms with E-state index in [1.807, 2.05) is 26.8 Å². The lowest BCUT2D eigenvalue weighted by Crippen LogP contribution is -2.48. The first kappa shape index (κ1) is 17.7. The number of hydrogen-bond acceptors (Lipinski definition) is 2. The van der Waals surface area contributed by atoms with E-state index in [1.54, 1.807) is 0 Å². The minimum atomic E-state index is -0.172. The summed E-state index contributed by atoms with van der Waals surface area (Å²) in [6.07, 6.45) is 0.982. The zero-order valence-electron chi connectivity index (χ0n) is 14.2. The molecule has 0 saturated carbocycles. The van der Waals surface area contributed by atoms with Crippen LogP contribution in [0.25, 0.3) is 0 Å². The Morgan fingerprint density at radius 1 is 1.10 bits per heavy atom. The molecule has 2 atom stereocenters. The molecule has 0 heterocycles. The molecular weight excluding hydrogens is 260 g/mol. The first-order valence-electron chi connectivity index (χ1n) is 7.84. The molecular formula is C18H30N2O. The van der Waals surface area contributed by atoms with Crippen LogP contribution in [0.3, 0.4) is 0 Å². The average molecular weight is 290 g/mol. The molecule has 0 saturated heterocycles. The van der Waals surface area contributed by atoms with Crippen LogP contribution in [0.15, 0.2) is 30.3 Å². The third-order valence-corrected chi connectivity index (χ3v) is 3.73. The molecule has 118 valence electrons. The van der Waals surface area contributed by atoms with Crippen LogP contribution in [0, 0.1) is 0 Å². The van der Waals surface area contributed by atoms with Gasteiger partial charge in [0.15, 0.2) is 0 Å². The van der Waals surface area contributed by atoms with Crippen LogP contribution in [-0.4, -0.2) is 24.0 Å². The summed E-state index contributed by atoms with van der Waals surface area (Å²) in [5, 5.41) is 6.34. The van der Waals surface area contributed by atoms with Crippen LogP contribution < -0.4 is 10.6 Å². The van der Waals surface area contributed by atoms with Crippen molar-refractivity contribution in [2.75, 3.05) is 0 Å².